The van der Waals surface area contributed by atoms with Crippen molar-refractivity contribution >= 4 is 32.6 Å². The summed E-state index contributed by atoms with van der Waals surface area (Å²) in [5, 5.41) is 3.67. The van der Waals surface area contributed by atoms with Gasteiger partial charge in [0.1, 0.15) is 5.58 Å². The van der Waals surface area contributed by atoms with E-state index in [-0.39, 0.29) is 30.9 Å². The highest BCUT2D eigenvalue weighted by Gasteiger charge is 2.21. The number of para-hydroxylation sites is 1. The first-order valence-electron chi connectivity index (χ1n) is 9.20. The Hall–Kier alpha value is -2.68. The van der Waals surface area contributed by atoms with Crippen molar-refractivity contribution in [1.82, 2.24) is 4.72 Å². The van der Waals surface area contributed by atoms with Gasteiger partial charge in [0.2, 0.25) is 10.0 Å². The van der Waals surface area contributed by atoms with Crippen LogP contribution in [0.15, 0.2) is 52.9 Å². The molecule has 1 heterocycles. The largest absolute Gasteiger partial charge is 0.451 e. The molecule has 154 valence electrons. The number of sulfonamides is 1. The molecule has 0 saturated heterocycles. The maximum atomic E-state index is 12.8. The van der Waals surface area contributed by atoms with Crippen molar-refractivity contribution in [3.8, 4) is 0 Å². The van der Waals surface area contributed by atoms with Gasteiger partial charge < -0.3 is 14.5 Å². The number of amides is 1. The number of carbonyl (C=O) groups excluding carboxylic acids is 1. The lowest BCUT2D eigenvalue weighted by atomic mass is 10.1. The zero-order chi connectivity index (χ0) is 21.0. The maximum absolute atomic E-state index is 12.8. The third kappa shape index (κ3) is 5.66. The SMILES string of the molecule is CC(C)OCc1c(C(=O)Nc2ccc(CNS(C)(=O)=O)cc2)oc2ccccc12. The molecule has 0 bridgehead atoms. The summed E-state index contributed by atoms with van der Waals surface area (Å²) in [7, 11) is -3.26. The summed E-state index contributed by atoms with van der Waals surface area (Å²) < 4.78 is 36.3. The Morgan fingerprint density at radius 3 is 2.45 bits per heavy atom. The van der Waals surface area contributed by atoms with Crippen molar-refractivity contribution in [3.63, 3.8) is 0 Å². The average Bonchev–Trinajstić information content (AvgIpc) is 3.04. The van der Waals surface area contributed by atoms with Crippen LogP contribution < -0.4 is 10.0 Å². The van der Waals surface area contributed by atoms with Crippen LogP contribution in [0, 0.1) is 0 Å². The van der Waals surface area contributed by atoms with Gasteiger partial charge in [-0.05, 0) is 37.6 Å². The number of carbonyl (C=O) groups is 1. The highest BCUT2D eigenvalue weighted by atomic mass is 32.2. The van der Waals surface area contributed by atoms with E-state index in [4.69, 9.17) is 9.15 Å². The lowest BCUT2D eigenvalue weighted by molar-refractivity contribution is 0.0648. The summed E-state index contributed by atoms with van der Waals surface area (Å²) in [6.45, 7) is 4.32. The van der Waals surface area contributed by atoms with Crippen molar-refractivity contribution in [2.24, 2.45) is 0 Å². The Bertz CT molecular complexity index is 1100. The number of hydrogen-bond acceptors (Lipinski definition) is 5. The molecule has 8 heteroatoms. The van der Waals surface area contributed by atoms with E-state index in [0.717, 1.165) is 17.2 Å². The third-order valence-corrected chi connectivity index (χ3v) is 4.88. The molecule has 0 radical (unpaired) electrons. The predicted molar refractivity (Wildman–Crippen MR) is 112 cm³/mol. The lowest BCUT2D eigenvalue weighted by Gasteiger charge is -2.09. The van der Waals surface area contributed by atoms with Crippen LogP contribution in [-0.2, 0) is 27.9 Å². The second kappa shape index (κ2) is 8.77. The highest BCUT2D eigenvalue weighted by molar-refractivity contribution is 7.88. The molecule has 2 aromatic carbocycles. The number of fused-ring (bicyclic) bond motifs is 1. The zero-order valence-corrected chi connectivity index (χ0v) is 17.4. The first kappa shape index (κ1) is 21.0. The summed E-state index contributed by atoms with van der Waals surface area (Å²) in [4.78, 5) is 12.8. The Balaban J connectivity index is 1.78. The van der Waals surface area contributed by atoms with Gasteiger partial charge in [-0.15, -0.1) is 0 Å². The predicted octanol–water partition coefficient (Wildman–Crippen LogP) is 3.66. The average molecular weight is 416 g/mol. The molecule has 1 amide bonds. The van der Waals surface area contributed by atoms with Crippen LogP contribution in [-0.4, -0.2) is 26.7 Å². The first-order chi connectivity index (χ1) is 13.7. The summed E-state index contributed by atoms with van der Waals surface area (Å²) >= 11 is 0. The molecule has 0 unspecified atom stereocenters. The van der Waals surface area contributed by atoms with Gasteiger partial charge >= 0.3 is 0 Å². The number of ether oxygens (including phenoxy) is 1. The van der Waals surface area contributed by atoms with Crippen LogP contribution in [0.4, 0.5) is 5.69 Å². The number of benzene rings is 2. The second-order valence-corrected chi connectivity index (χ2v) is 8.84. The minimum Gasteiger partial charge on any atom is -0.451 e. The fourth-order valence-electron chi connectivity index (χ4n) is 2.78. The molecule has 0 aliphatic rings. The second-order valence-electron chi connectivity index (χ2n) is 7.01. The van der Waals surface area contributed by atoms with Crippen LogP contribution in [0.2, 0.25) is 0 Å². The van der Waals surface area contributed by atoms with Gasteiger partial charge in [0.25, 0.3) is 5.91 Å². The zero-order valence-electron chi connectivity index (χ0n) is 16.6. The van der Waals surface area contributed by atoms with Crippen molar-refractivity contribution in [1.29, 1.82) is 0 Å². The summed E-state index contributed by atoms with van der Waals surface area (Å²) in [5.41, 5.74) is 2.69. The molecule has 1 aromatic heterocycles. The van der Waals surface area contributed by atoms with Gasteiger partial charge in [0.15, 0.2) is 5.76 Å². The maximum Gasteiger partial charge on any atom is 0.291 e. The quantitative estimate of drug-likeness (QED) is 0.584. The standard InChI is InChI=1S/C21H24N2O5S/c1-14(2)27-13-18-17-6-4-5-7-19(17)28-20(18)21(24)23-16-10-8-15(9-11-16)12-22-29(3,25)26/h4-11,14,22H,12-13H2,1-3H3,(H,23,24). The number of rotatable bonds is 8. The molecule has 3 aromatic rings. The molecule has 3 rings (SSSR count). The van der Waals surface area contributed by atoms with Gasteiger partial charge in [0.05, 0.1) is 19.0 Å². The van der Waals surface area contributed by atoms with Gasteiger partial charge in [0, 0.05) is 23.2 Å². The van der Waals surface area contributed by atoms with Gasteiger partial charge in [-0.2, -0.15) is 0 Å². The van der Waals surface area contributed by atoms with E-state index in [9.17, 15) is 13.2 Å². The van der Waals surface area contributed by atoms with Gasteiger partial charge in [-0.3, -0.25) is 4.79 Å². The smallest absolute Gasteiger partial charge is 0.291 e. The van der Waals surface area contributed by atoms with E-state index in [2.05, 4.69) is 10.0 Å². The summed E-state index contributed by atoms with van der Waals surface area (Å²) in [6, 6.07) is 14.4. The summed E-state index contributed by atoms with van der Waals surface area (Å²) in [6.07, 6.45) is 1.13. The summed E-state index contributed by atoms with van der Waals surface area (Å²) in [5.74, 6) is -0.153. The van der Waals surface area contributed by atoms with Crippen LogP contribution >= 0.6 is 0 Å². The number of anilines is 1. The van der Waals surface area contributed by atoms with Gasteiger partial charge in [-0.1, -0.05) is 30.3 Å². The molecule has 0 aliphatic heterocycles. The van der Waals surface area contributed by atoms with Gasteiger partial charge in [-0.25, -0.2) is 13.1 Å². The van der Waals surface area contributed by atoms with Crippen molar-refractivity contribution in [2.45, 2.75) is 33.1 Å². The molecular weight excluding hydrogens is 392 g/mol. The van der Waals surface area contributed by atoms with E-state index in [0.29, 0.717) is 16.8 Å². The Morgan fingerprint density at radius 2 is 1.79 bits per heavy atom. The van der Waals surface area contributed by atoms with Crippen molar-refractivity contribution < 1.29 is 22.4 Å². The Labute approximate surface area is 170 Å². The normalized spacial score (nSPS) is 11.9. The molecule has 0 saturated carbocycles. The third-order valence-electron chi connectivity index (χ3n) is 4.22. The van der Waals surface area contributed by atoms with Crippen LogP contribution in [0.3, 0.4) is 0 Å². The molecule has 0 fully saturated rings. The molecule has 29 heavy (non-hydrogen) atoms. The van der Waals surface area contributed by atoms with E-state index < -0.39 is 10.0 Å². The lowest BCUT2D eigenvalue weighted by Crippen LogP contribution is -2.21. The minimum atomic E-state index is -3.26. The van der Waals surface area contributed by atoms with E-state index in [1.807, 2.05) is 38.1 Å². The fraction of sp³-hybridized carbons (Fsp3) is 0.286. The topological polar surface area (TPSA) is 97.6 Å². The van der Waals surface area contributed by atoms with Crippen LogP contribution in [0.1, 0.15) is 35.5 Å². The van der Waals surface area contributed by atoms with Crippen LogP contribution in [0.5, 0.6) is 0 Å². The number of furan rings is 1. The Kier molecular flexibility index (Phi) is 6.36. The van der Waals surface area contributed by atoms with Crippen LogP contribution in [0.25, 0.3) is 11.0 Å². The van der Waals surface area contributed by atoms with Crippen molar-refractivity contribution in [2.75, 3.05) is 11.6 Å². The fourth-order valence-corrected chi connectivity index (χ4v) is 3.21. The van der Waals surface area contributed by atoms with E-state index >= 15 is 0 Å². The number of hydrogen-bond donors (Lipinski definition) is 2. The van der Waals surface area contributed by atoms with Crippen molar-refractivity contribution in [3.05, 3.63) is 65.4 Å². The molecule has 7 nitrogen and oxygen atoms in total. The molecule has 0 atom stereocenters. The Morgan fingerprint density at radius 1 is 1.10 bits per heavy atom. The molecular formula is C21H24N2O5S. The monoisotopic (exact) mass is 416 g/mol. The highest BCUT2D eigenvalue weighted by Crippen LogP contribution is 2.27. The first-order valence-corrected chi connectivity index (χ1v) is 11.1. The van der Waals surface area contributed by atoms with E-state index in [1.165, 1.54) is 0 Å². The number of nitrogens with one attached hydrogen (secondary N) is 2. The minimum absolute atomic E-state index is 0.0210. The molecule has 0 spiro atoms. The molecule has 2 N–H and O–H groups in total. The van der Waals surface area contributed by atoms with E-state index in [1.54, 1.807) is 24.3 Å². The molecule has 0 aliphatic carbocycles.